The van der Waals surface area contributed by atoms with Crippen molar-refractivity contribution in [1.82, 2.24) is 0 Å². The number of benzene rings is 2. The van der Waals surface area contributed by atoms with Crippen molar-refractivity contribution in [2.75, 3.05) is 6.61 Å². The van der Waals surface area contributed by atoms with Crippen molar-refractivity contribution in [3.63, 3.8) is 0 Å². The average Bonchev–Trinajstić information content (AvgIpc) is 2.41. The number of carbonyl (C=O) groups excluding carboxylic acids is 1. The molecule has 0 heterocycles. The molecule has 0 aromatic heterocycles. The Balaban J connectivity index is 1.84. The predicted molar refractivity (Wildman–Crippen MR) is 79.0 cm³/mol. The fourth-order valence-corrected chi connectivity index (χ4v) is 2.22. The number of thioether (sulfide) groups is 1. The molecule has 0 aliphatic heterocycles. The van der Waals surface area contributed by atoms with Crippen LogP contribution in [0.5, 0.6) is 5.75 Å². The van der Waals surface area contributed by atoms with Gasteiger partial charge in [-0.3, -0.25) is 4.79 Å². The molecule has 2 aromatic carbocycles. The van der Waals surface area contributed by atoms with Crippen LogP contribution in [0.1, 0.15) is 5.56 Å². The van der Waals surface area contributed by atoms with Crippen LogP contribution in [0.2, 0.25) is 5.02 Å². The zero-order valence-corrected chi connectivity index (χ0v) is 12.0. The Kier molecular flexibility index (Phi) is 4.88. The summed E-state index contributed by atoms with van der Waals surface area (Å²) in [6.45, 7) is 2.06. The van der Waals surface area contributed by atoms with Crippen molar-refractivity contribution in [2.24, 2.45) is 0 Å². The maximum absolute atomic E-state index is 11.7. The van der Waals surface area contributed by atoms with Crippen LogP contribution in [-0.4, -0.2) is 11.7 Å². The average molecular weight is 293 g/mol. The first-order valence-electron chi connectivity index (χ1n) is 5.79. The molecular weight excluding hydrogens is 280 g/mol. The quantitative estimate of drug-likeness (QED) is 0.784. The van der Waals surface area contributed by atoms with Crippen LogP contribution in [0.3, 0.4) is 0 Å². The van der Waals surface area contributed by atoms with E-state index in [0.717, 1.165) is 22.2 Å². The predicted octanol–water partition coefficient (Wildman–Crippen LogP) is 4.35. The van der Waals surface area contributed by atoms with Gasteiger partial charge < -0.3 is 4.74 Å². The summed E-state index contributed by atoms with van der Waals surface area (Å²) in [5.41, 5.74) is 1.16. The van der Waals surface area contributed by atoms with E-state index in [0.29, 0.717) is 10.8 Å². The highest BCUT2D eigenvalue weighted by Gasteiger charge is 2.06. The van der Waals surface area contributed by atoms with Gasteiger partial charge in [-0.2, -0.15) is 0 Å². The number of rotatable bonds is 4. The zero-order valence-electron chi connectivity index (χ0n) is 10.4. The summed E-state index contributed by atoms with van der Waals surface area (Å²) >= 11 is 6.94. The third-order valence-corrected chi connectivity index (χ3v) is 3.53. The Morgan fingerprint density at radius 1 is 1.11 bits per heavy atom. The van der Waals surface area contributed by atoms with E-state index in [9.17, 15) is 4.79 Å². The summed E-state index contributed by atoms with van der Waals surface area (Å²) in [5, 5.41) is 0.621. The van der Waals surface area contributed by atoms with Gasteiger partial charge in [-0.25, -0.2) is 0 Å². The molecule has 0 spiro atoms. The number of halogens is 1. The molecule has 98 valence electrons. The summed E-state index contributed by atoms with van der Waals surface area (Å²) in [4.78, 5) is 12.6. The minimum absolute atomic E-state index is 0.0390. The molecule has 0 N–H and O–H groups in total. The largest absolute Gasteiger partial charge is 0.485 e. The van der Waals surface area contributed by atoms with Crippen LogP contribution in [0.15, 0.2) is 53.4 Å². The molecule has 0 saturated heterocycles. The Labute approximate surface area is 121 Å². The van der Waals surface area contributed by atoms with Gasteiger partial charge in [0.2, 0.25) is 5.12 Å². The highest BCUT2D eigenvalue weighted by molar-refractivity contribution is 8.13. The number of ether oxygens (including phenoxy) is 1. The summed E-state index contributed by atoms with van der Waals surface area (Å²) < 4.78 is 5.42. The van der Waals surface area contributed by atoms with Gasteiger partial charge in [0.25, 0.3) is 0 Å². The van der Waals surface area contributed by atoms with Crippen LogP contribution in [-0.2, 0) is 4.79 Å². The van der Waals surface area contributed by atoms with E-state index in [1.807, 2.05) is 43.3 Å². The smallest absolute Gasteiger partial charge is 0.231 e. The molecule has 0 fully saturated rings. The number of aryl methyl sites for hydroxylation is 1. The van der Waals surface area contributed by atoms with Crippen molar-refractivity contribution in [1.29, 1.82) is 0 Å². The standard InChI is InChI=1S/C15H13ClO2S/c1-11-2-6-13(7-3-11)18-10-15(17)19-14-8-4-12(16)5-9-14/h2-9H,10H2,1H3. The molecule has 0 saturated carbocycles. The highest BCUT2D eigenvalue weighted by atomic mass is 35.5. The summed E-state index contributed by atoms with van der Waals surface area (Å²) in [5.74, 6) is 0.704. The van der Waals surface area contributed by atoms with Crippen molar-refractivity contribution in [3.8, 4) is 5.75 Å². The Bertz CT molecular complexity index is 549. The van der Waals surface area contributed by atoms with E-state index in [4.69, 9.17) is 16.3 Å². The number of hydrogen-bond acceptors (Lipinski definition) is 3. The molecular formula is C15H13ClO2S. The van der Waals surface area contributed by atoms with E-state index in [1.54, 1.807) is 12.1 Å². The van der Waals surface area contributed by atoms with E-state index in [1.165, 1.54) is 0 Å². The van der Waals surface area contributed by atoms with Crippen molar-refractivity contribution >= 4 is 28.5 Å². The van der Waals surface area contributed by atoms with E-state index in [-0.39, 0.29) is 11.7 Å². The molecule has 0 atom stereocenters. The SMILES string of the molecule is Cc1ccc(OCC(=O)Sc2ccc(Cl)cc2)cc1. The van der Waals surface area contributed by atoms with Crippen LogP contribution in [0, 0.1) is 6.92 Å². The molecule has 2 aromatic rings. The van der Waals surface area contributed by atoms with Crippen LogP contribution < -0.4 is 4.74 Å². The summed E-state index contributed by atoms with van der Waals surface area (Å²) in [7, 11) is 0. The van der Waals surface area contributed by atoms with Gasteiger partial charge in [0, 0.05) is 9.92 Å². The topological polar surface area (TPSA) is 26.3 Å². The van der Waals surface area contributed by atoms with E-state index < -0.39 is 0 Å². The van der Waals surface area contributed by atoms with Gasteiger partial charge in [-0.1, -0.05) is 29.3 Å². The summed E-state index contributed by atoms with van der Waals surface area (Å²) in [6.07, 6.45) is 0. The molecule has 2 rings (SSSR count). The van der Waals surface area contributed by atoms with Crippen LogP contribution in [0.4, 0.5) is 0 Å². The minimum atomic E-state index is -0.0390. The third-order valence-electron chi connectivity index (χ3n) is 2.42. The van der Waals surface area contributed by atoms with Gasteiger partial charge in [0.1, 0.15) is 5.75 Å². The zero-order chi connectivity index (χ0) is 13.7. The van der Waals surface area contributed by atoms with E-state index >= 15 is 0 Å². The second-order valence-corrected chi connectivity index (χ2v) is 5.60. The van der Waals surface area contributed by atoms with Gasteiger partial charge >= 0.3 is 0 Å². The second kappa shape index (κ2) is 6.64. The number of hydrogen-bond donors (Lipinski definition) is 0. The molecule has 0 radical (unpaired) electrons. The lowest BCUT2D eigenvalue weighted by Crippen LogP contribution is -2.07. The fraction of sp³-hybridized carbons (Fsp3) is 0.133. The minimum Gasteiger partial charge on any atom is -0.485 e. The third kappa shape index (κ3) is 4.62. The second-order valence-electron chi connectivity index (χ2n) is 4.03. The fourth-order valence-electron chi connectivity index (χ4n) is 1.44. The van der Waals surface area contributed by atoms with Gasteiger partial charge in [-0.15, -0.1) is 0 Å². The lowest BCUT2D eigenvalue weighted by atomic mass is 10.2. The van der Waals surface area contributed by atoms with E-state index in [2.05, 4.69) is 0 Å². The lowest BCUT2D eigenvalue weighted by molar-refractivity contribution is -0.112. The molecule has 0 amide bonds. The molecule has 19 heavy (non-hydrogen) atoms. The Hall–Kier alpha value is -1.45. The Morgan fingerprint density at radius 2 is 1.74 bits per heavy atom. The maximum Gasteiger partial charge on any atom is 0.231 e. The molecule has 4 heteroatoms. The number of carbonyl (C=O) groups is 1. The van der Waals surface area contributed by atoms with Gasteiger partial charge in [-0.05, 0) is 55.1 Å². The Morgan fingerprint density at radius 3 is 2.37 bits per heavy atom. The lowest BCUT2D eigenvalue weighted by Gasteiger charge is -2.05. The molecule has 0 aliphatic carbocycles. The van der Waals surface area contributed by atoms with Crippen LogP contribution in [0.25, 0.3) is 0 Å². The normalized spacial score (nSPS) is 10.2. The summed E-state index contributed by atoms with van der Waals surface area (Å²) in [6, 6.07) is 14.8. The van der Waals surface area contributed by atoms with Crippen molar-refractivity contribution < 1.29 is 9.53 Å². The van der Waals surface area contributed by atoms with Crippen molar-refractivity contribution in [3.05, 3.63) is 59.1 Å². The first kappa shape index (κ1) is 14.0. The first-order chi connectivity index (χ1) is 9.13. The molecule has 0 aliphatic rings. The molecule has 0 bridgehead atoms. The maximum atomic E-state index is 11.7. The molecule has 2 nitrogen and oxygen atoms in total. The van der Waals surface area contributed by atoms with Gasteiger partial charge in [0.05, 0.1) is 0 Å². The molecule has 0 unspecified atom stereocenters. The first-order valence-corrected chi connectivity index (χ1v) is 6.98. The monoisotopic (exact) mass is 292 g/mol. The van der Waals surface area contributed by atoms with Gasteiger partial charge in [0.15, 0.2) is 6.61 Å². The van der Waals surface area contributed by atoms with Crippen molar-refractivity contribution in [2.45, 2.75) is 11.8 Å². The highest BCUT2D eigenvalue weighted by Crippen LogP contribution is 2.21. The van der Waals surface area contributed by atoms with Crippen LogP contribution >= 0.6 is 23.4 Å².